The van der Waals surface area contributed by atoms with Crippen LogP contribution in [-0.4, -0.2) is 42.6 Å². The quantitative estimate of drug-likeness (QED) is 0.567. The molecule has 2 rings (SSSR count). The second kappa shape index (κ2) is 2.83. The highest BCUT2D eigenvalue weighted by molar-refractivity contribution is 8.05. The van der Waals surface area contributed by atoms with Gasteiger partial charge in [0.15, 0.2) is 5.78 Å². The molecular formula is C7H9NO3S2. The standard InChI is InChI=1S/C7H9NO3S2/c1-8-4-5(9)7-6(2-3-12-7)13(8,10)11/h2-3,6-7H,4H2,1H3/t6-,7+/m1/s1. The van der Waals surface area contributed by atoms with Crippen LogP contribution in [0.5, 0.6) is 0 Å². The molecule has 0 unspecified atom stereocenters. The largest absolute Gasteiger partial charge is 0.297 e. The zero-order chi connectivity index (χ0) is 9.64. The summed E-state index contributed by atoms with van der Waals surface area (Å²) in [6, 6.07) is 0. The van der Waals surface area contributed by atoms with Crippen LogP contribution in [-0.2, 0) is 14.8 Å². The monoisotopic (exact) mass is 219 g/mol. The van der Waals surface area contributed by atoms with Gasteiger partial charge in [0.05, 0.1) is 11.8 Å². The van der Waals surface area contributed by atoms with E-state index in [-0.39, 0.29) is 12.3 Å². The van der Waals surface area contributed by atoms with E-state index in [1.807, 2.05) is 0 Å². The minimum Gasteiger partial charge on any atom is -0.297 e. The van der Waals surface area contributed by atoms with Crippen molar-refractivity contribution >= 4 is 27.6 Å². The van der Waals surface area contributed by atoms with Crippen LogP contribution in [0.3, 0.4) is 0 Å². The highest BCUT2D eigenvalue weighted by atomic mass is 32.2. The maximum Gasteiger partial charge on any atom is 0.222 e. The van der Waals surface area contributed by atoms with Crippen molar-refractivity contribution < 1.29 is 13.2 Å². The van der Waals surface area contributed by atoms with Crippen LogP contribution in [0.25, 0.3) is 0 Å². The van der Waals surface area contributed by atoms with Gasteiger partial charge in [-0.1, -0.05) is 6.08 Å². The molecule has 0 saturated carbocycles. The van der Waals surface area contributed by atoms with Crippen molar-refractivity contribution in [3.63, 3.8) is 0 Å². The molecule has 0 aromatic carbocycles. The Balaban J connectivity index is 2.43. The van der Waals surface area contributed by atoms with Gasteiger partial charge < -0.3 is 0 Å². The summed E-state index contributed by atoms with van der Waals surface area (Å²) in [5.41, 5.74) is 0. The smallest absolute Gasteiger partial charge is 0.222 e. The number of fused-ring (bicyclic) bond motifs is 1. The molecule has 4 nitrogen and oxygen atoms in total. The fourth-order valence-electron chi connectivity index (χ4n) is 1.51. The van der Waals surface area contributed by atoms with Gasteiger partial charge in [0.25, 0.3) is 0 Å². The molecule has 0 radical (unpaired) electrons. The lowest BCUT2D eigenvalue weighted by Gasteiger charge is -2.29. The predicted octanol–water partition coefficient (Wildman–Crippen LogP) is -0.172. The van der Waals surface area contributed by atoms with Gasteiger partial charge in [-0.25, -0.2) is 8.42 Å². The van der Waals surface area contributed by atoms with Gasteiger partial charge in [0.2, 0.25) is 10.0 Å². The number of nitrogens with zero attached hydrogens (tertiary/aromatic N) is 1. The molecule has 6 heteroatoms. The van der Waals surface area contributed by atoms with E-state index in [0.29, 0.717) is 0 Å². The Labute approximate surface area is 81.0 Å². The van der Waals surface area contributed by atoms with Crippen molar-refractivity contribution in [1.82, 2.24) is 4.31 Å². The van der Waals surface area contributed by atoms with Crippen LogP contribution < -0.4 is 0 Å². The molecule has 0 N–H and O–H groups in total. The summed E-state index contributed by atoms with van der Waals surface area (Å²) in [5, 5.41) is 0.661. The average molecular weight is 219 g/mol. The fraction of sp³-hybridized carbons (Fsp3) is 0.571. The number of carbonyl (C=O) groups excluding carboxylic acids is 1. The molecule has 0 aromatic heterocycles. The summed E-state index contributed by atoms with van der Waals surface area (Å²) in [6.07, 6.45) is 1.60. The minimum absolute atomic E-state index is 0.00248. The summed E-state index contributed by atoms with van der Waals surface area (Å²) < 4.78 is 24.4. The van der Waals surface area contributed by atoms with Crippen molar-refractivity contribution in [2.45, 2.75) is 10.5 Å². The molecular weight excluding hydrogens is 210 g/mol. The van der Waals surface area contributed by atoms with E-state index < -0.39 is 20.5 Å². The summed E-state index contributed by atoms with van der Waals surface area (Å²) >= 11 is 1.30. The Morgan fingerprint density at radius 2 is 2.31 bits per heavy atom. The first-order valence-electron chi connectivity index (χ1n) is 3.83. The number of hydrogen-bond acceptors (Lipinski definition) is 4. The Morgan fingerprint density at radius 3 is 3.00 bits per heavy atom. The topological polar surface area (TPSA) is 54.5 Å². The van der Waals surface area contributed by atoms with Gasteiger partial charge in [0, 0.05) is 7.05 Å². The van der Waals surface area contributed by atoms with Gasteiger partial charge in [-0.05, 0) is 5.41 Å². The third-order valence-electron chi connectivity index (χ3n) is 2.27. The first-order valence-corrected chi connectivity index (χ1v) is 6.28. The van der Waals surface area contributed by atoms with E-state index in [2.05, 4.69) is 0 Å². The number of ketones is 1. The van der Waals surface area contributed by atoms with Crippen molar-refractivity contribution in [3.8, 4) is 0 Å². The molecule has 0 bridgehead atoms. The number of hydrogen-bond donors (Lipinski definition) is 0. The van der Waals surface area contributed by atoms with E-state index in [0.717, 1.165) is 4.31 Å². The minimum atomic E-state index is -3.27. The van der Waals surface area contributed by atoms with Crippen LogP contribution in [0.15, 0.2) is 11.5 Å². The zero-order valence-corrected chi connectivity index (χ0v) is 8.64. The van der Waals surface area contributed by atoms with Crippen LogP contribution in [0.2, 0.25) is 0 Å². The highest BCUT2D eigenvalue weighted by Gasteiger charge is 2.46. The molecule has 1 saturated heterocycles. The molecule has 2 aliphatic heterocycles. The van der Waals surface area contributed by atoms with Crippen molar-refractivity contribution in [2.75, 3.05) is 13.6 Å². The SMILES string of the molecule is CN1CC(=O)[C@@H]2SC=C[C@H]2S1(=O)=O. The second-order valence-corrected chi connectivity index (χ2v) is 6.37. The zero-order valence-electron chi connectivity index (χ0n) is 7.00. The fourth-order valence-corrected chi connectivity index (χ4v) is 4.59. The number of carbonyl (C=O) groups is 1. The molecule has 13 heavy (non-hydrogen) atoms. The molecule has 72 valence electrons. The lowest BCUT2D eigenvalue weighted by Crippen LogP contribution is -2.51. The number of thioether (sulfide) groups is 1. The van der Waals surface area contributed by atoms with Crippen LogP contribution in [0, 0.1) is 0 Å². The highest BCUT2D eigenvalue weighted by Crippen LogP contribution is 2.34. The van der Waals surface area contributed by atoms with Gasteiger partial charge in [0.1, 0.15) is 5.25 Å². The Kier molecular flexibility index (Phi) is 2.01. The van der Waals surface area contributed by atoms with Gasteiger partial charge >= 0.3 is 0 Å². The normalized spacial score (nSPS) is 37.8. The lowest BCUT2D eigenvalue weighted by atomic mass is 10.2. The molecule has 1 fully saturated rings. The average Bonchev–Trinajstić information content (AvgIpc) is 2.49. The van der Waals surface area contributed by atoms with Crippen molar-refractivity contribution in [1.29, 1.82) is 0 Å². The Bertz CT molecular complexity index is 373. The molecule has 0 aliphatic carbocycles. The summed E-state index contributed by atoms with van der Waals surface area (Å²) in [4.78, 5) is 11.4. The Morgan fingerprint density at radius 1 is 1.62 bits per heavy atom. The van der Waals surface area contributed by atoms with Gasteiger partial charge in [-0.2, -0.15) is 4.31 Å². The van der Waals surface area contributed by atoms with Crippen LogP contribution >= 0.6 is 11.8 Å². The van der Waals surface area contributed by atoms with E-state index in [9.17, 15) is 13.2 Å². The maximum absolute atomic E-state index is 11.6. The number of Topliss-reactive ketones (excluding diaryl/α,β-unsaturated/α-hetero) is 1. The first-order chi connectivity index (χ1) is 6.03. The van der Waals surface area contributed by atoms with Crippen LogP contribution in [0.1, 0.15) is 0 Å². The first kappa shape index (κ1) is 9.23. The molecule has 2 atom stereocenters. The van der Waals surface area contributed by atoms with E-state index >= 15 is 0 Å². The van der Waals surface area contributed by atoms with E-state index in [1.165, 1.54) is 18.8 Å². The number of rotatable bonds is 0. The molecule has 0 amide bonds. The molecule has 0 spiro atoms. The van der Waals surface area contributed by atoms with Gasteiger partial charge in [-0.15, -0.1) is 11.8 Å². The summed E-state index contributed by atoms with van der Waals surface area (Å²) in [7, 11) is -1.82. The Hall–Kier alpha value is -0.330. The summed E-state index contributed by atoms with van der Waals surface area (Å²) in [6.45, 7) is 0.0121. The van der Waals surface area contributed by atoms with Crippen molar-refractivity contribution in [3.05, 3.63) is 11.5 Å². The lowest BCUT2D eigenvalue weighted by molar-refractivity contribution is -0.118. The van der Waals surface area contributed by atoms with Gasteiger partial charge in [-0.3, -0.25) is 4.79 Å². The predicted molar refractivity (Wildman–Crippen MR) is 50.9 cm³/mol. The molecule has 2 aliphatic rings. The second-order valence-electron chi connectivity index (χ2n) is 3.12. The third kappa shape index (κ3) is 1.24. The number of likely N-dealkylation sites (N-methyl/N-ethyl adjacent to an activating group) is 1. The van der Waals surface area contributed by atoms with E-state index in [1.54, 1.807) is 11.5 Å². The molecule has 2 heterocycles. The molecule has 0 aromatic rings. The van der Waals surface area contributed by atoms with E-state index in [4.69, 9.17) is 0 Å². The maximum atomic E-state index is 11.6. The number of sulfonamides is 1. The van der Waals surface area contributed by atoms with Crippen LogP contribution in [0.4, 0.5) is 0 Å². The third-order valence-corrected chi connectivity index (χ3v) is 5.72. The summed E-state index contributed by atoms with van der Waals surface area (Å²) in [5.74, 6) is -0.00248. The van der Waals surface area contributed by atoms with Crippen molar-refractivity contribution in [2.24, 2.45) is 0 Å².